The number of hydrogen-bond acceptors (Lipinski definition) is 5. The molecule has 0 saturated heterocycles. The van der Waals surface area contributed by atoms with Gasteiger partial charge in [-0.05, 0) is 24.6 Å². The van der Waals surface area contributed by atoms with E-state index in [9.17, 15) is 24.8 Å². The van der Waals surface area contributed by atoms with Gasteiger partial charge in [-0.2, -0.15) is 0 Å². The highest BCUT2D eigenvalue weighted by Gasteiger charge is 2.40. The number of carbonyl (C=O) groups excluding carboxylic acids is 2. The van der Waals surface area contributed by atoms with Crippen molar-refractivity contribution in [1.82, 2.24) is 4.90 Å². The average Bonchev–Trinajstić information content (AvgIpc) is 2.63. The van der Waals surface area contributed by atoms with Crippen LogP contribution in [-0.4, -0.2) is 33.7 Å². The van der Waals surface area contributed by atoms with Gasteiger partial charge in [0, 0.05) is 19.2 Å². The van der Waals surface area contributed by atoms with Gasteiger partial charge in [0.15, 0.2) is 11.5 Å². The van der Waals surface area contributed by atoms with E-state index in [0.29, 0.717) is 5.56 Å². The molecule has 1 amide bonds. The molecule has 1 aliphatic rings. The summed E-state index contributed by atoms with van der Waals surface area (Å²) < 4.78 is 0. The van der Waals surface area contributed by atoms with Crippen LogP contribution in [0.4, 0.5) is 5.69 Å². The Kier molecular flexibility index (Phi) is 3.27. The summed E-state index contributed by atoms with van der Waals surface area (Å²) in [7, 11) is 1.46. The summed E-state index contributed by atoms with van der Waals surface area (Å²) in [6.07, 6.45) is 0. The number of rotatable bonds is 3. The predicted molar refractivity (Wildman–Crippen MR) is 68.9 cm³/mol. The number of benzene rings is 1. The van der Waals surface area contributed by atoms with E-state index in [-0.39, 0.29) is 11.3 Å². The van der Waals surface area contributed by atoms with Crippen LogP contribution in [0.5, 0.6) is 0 Å². The molecular formula is C13H12N2O5. The fourth-order valence-corrected chi connectivity index (χ4v) is 2.25. The number of aliphatic hydroxyl groups excluding tert-OH is 1. The molecule has 0 fully saturated rings. The Bertz CT molecular complexity index is 633. The molecule has 0 radical (unpaired) electrons. The molecule has 20 heavy (non-hydrogen) atoms. The third-order valence-electron chi connectivity index (χ3n) is 3.24. The molecule has 104 valence electrons. The van der Waals surface area contributed by atoms with Crippen LogP contribution in [0.15, 0.2) is 35.6 Å². The van der Waals surface area contributed by atoms with Gasteiger partial charge < -0.3 is 10.0 Å². The largest absolute Gasteiger partial charge is 0.503 e. The lowest BCUT2D eigenvalue weighted by molar-refractivity contribution is -0.384. The molecule has 0 aliphatic carbocycles. The quantitative estimate of drug-likeness (QED) is 0.666. The zero-order valence-corrected chi connectivity index (χ0v) is 10.9. The van der Waals surface area contributed by atoms with Gasteiger partial charge in [-0.15, -0.1) is 0 Å². The number of likely N-dealkylation sites (N-methyl/N-ethyl adjacent to an activating group) is 1. The number of nitro benzene ring substituents is 1. The zero-order valence-electron chi connectivity index (χ0n) is 10.9. The lowest BCUT2D eigenvalue weighted by atomic mass is 9.97. The number of nitro groups is 1. The molecule has 1 aliphatic heterocycles. The first-order valence-corrected chi connectivity index (χ1v) is 5.80. The summed E-state index contributed by atoms with van der Waals surface area (Å²) >= 11 is 0. The topological polar surface area (TPSA) is 101 Å². The minimum absolute atomic E-state index is 0.00588. The molecule has 1 aromatic carbocycles. The van der Waals surface area contributed by atoms with Gasteiger partial charge in [0.2, 0.25) is 0 Å². The number of hydrogen-bond donors (Lipinski definition) is 1. The summed E-state index contributed by atoms with van der Waals surface area (Å²) in [5, 5.41) is 20.3. The Balaban J connectivity index is 2.48. The second-order valence-electron chi connectivity index (χ2n) is 4.49. The molecule has 0 spiro atoms. The van der Waals surface area contributed by atoms with Gasteiger partial charge in [-0.25, -0.2) is 0 Å². The highest BCUT2D eigenvalue weighted by atomic mass is 16.6. The lowest BCUT2D eigenvalue weighted by Gasteiger charge is -2.21. The third kappa shape index (κ3) is 2.03. The first-order chi connectivity index (χ1) is 9.34. The molecule has 1 N–H and O–H groups in total. The molecule has 1 heterocycles. The van der Waals surface area contributed by atoms with E-state index in [1.807, 2.05) is 0 Å². The number of carbonyl (C=O) groups is 2. The van der Waals surface area contributed by atoms with Crippen LogP contribution in [0.2, 0.25) is 0 Å². The summed E-state index contributed by atoms with van der Waals surface area (Å²) in [4.78, 5) is 34.6. The van der Waals surface area contributed by atoms with E-state index in [2.05, 4.69) is 0 Å². The summed E-state index contributed by atoms with van der Waals surface area (Å²) in [5.74, 6) is -1.62. The molecule has 0 aromatic heterocycles. The van der Waals surface area contributed by atoms with E-state index >= 15 is 0 Å². The fraction of sp³-hybridized carbons (Fsp3) is 0.231. The molecule has 0 bridgehead atoms. The van der Waals surface area contributed by atoms with Crippen LogP contribution < -0.4 is 0 Å². The van der Waals surface area contributed by atoms with Crippen molar-refractivity contribution >= 4 is 17.4 Å². The summed E-state index contributed by atoms with van der Waals surface area (Å²) in [5.41, 5.74) is 0.449. The number of nitrogens with zero attached hydrogens (tertiary/aromatic N) is 2. The fourth-order valence-electron chi connectivity index (χ4n) is 2.25. The maximum absolute atomic E-state index is 11.7. The first kappa shape index (κ1) is 13.7. The molecule has 1 aromatic rings. The van der Waals surface area contributed by atoms with Crippen molar-refractivity contribution < 1.29 is 19.6 Å². The third-order valence-corrected chi connectivity index (χ3v) is 3.24. The average molecular weight is 276 g/mol. The van der Waals surface area contributed by atoms with Crippen molar-refractivity contribution in [3.63, 3.8) is 0 Å². The van der Waals surface area contributed by atoms with Crippen LogP contribution in [0.1, 0.15) is 18.5 Å². The highest BCUT2D eigenvalue weighted by Crippen LogP contribution is 2.36. The predicted octanol–water partition coefficient (Wildman–Crippen LogP) is 1.51. The van der Waals surface area contributed by atoms with Crippen molar-refractivity contribution in [3.8, 4) is 0 Å². The normalized spacial score (nSPS) is 18.6. The SMILES string of the molecule is CC(=O)C1=C(O)C(=O)N(C)[C@@H]1c1ccc([N+](=O)[O-])cc1. The van der Waals surface area contributed by atoms with Gasteiger partial charge in [-0.1, -0.05) is 0 Å². The molecule has 0 unspecified atom stereocenters. The molecule has 2 rings (SSSR count). The van der Waals surface area contributed by atoms with Crippen LogP contribution >= 0.6 is 0 Å². The molecule has 7 heteroatoms. The van der Waals surface area contributed by atoms with E-state index in [1.165, 1.54) is 43.1 Å². The number of amides is 1. The van der Waals surface area contributed by atoms with Gasteiger partial charge in [0.25, 0.3) is 11.6 Å². The highest BCUT2D eigenvalue weighted by molar-refractivity contribution is 6.07. The van der Waals surface area contributed by atoms with E-state index in [4.69, 9.17) is 0 Å². The Labute approximate surface area is 114 Å². The summed E-state index contributed by atoms with van der Waals surface area (Å²) in [6.45, 7) is 1.26. The summed E-state index contributed by atoms with van der Waals surface area (Å²) in [6, 6.07) is 4.80. The Hall–Kier alpha value is -2.70. The smallest absolute Gasteiger partial charge is 0.289 e. The number of ketones is 1. The lowest BCUT2D eigenvalue weighted by Crippen LogP contribution is -2.26. The minimum atomic E-state index is -0.721. The molecule has 0 saturated carbocycles. The second-order valence-corrected chi connectivity index (χ2v) is 4.49. The van der Waals surface area contributed by atoms with Gasteiger partial charge >= 0.3 is 0 Å². The standard InChI is InChI=1S/C13H12N2O5/c1-7(16)10-11(14(2)13(18)12(10)17)8-3-5-9(6-4-8)15(19)20/h3-6,11,17H,1-2H3/t11-/m1/s1. The van der Waals surface area contributed by atoms with Gasteiger partial charge in [0.05, 0.1) is 16.5 Å². The van der Waals surface area contributed by atoms with Gasteiger partial charge in [0.1, 0.15) is 0 Å². The Morgan fingerprint density at radius 1 is 1.35 bits per heavy atom. The van der Waals surface area contributed by atoms with Crippen molar-refractivity contribution in [3.05, 3.63) is 51.3 Å². The van der Waals surface area contributed by atoms with Crippen LogP contribution in [0.3, 0.4) is 0 Å². The van der Waals surface area contributed by atoms with Crippen molar-refractivity contribution in [1.29, 1.82) is 0 Å². The van der Waals surface area contributed by atoms with E-state index in [0.717, 1.165) is 0 Å². The van der Waals surface area contributed by atoms with E-state index < -0.39 is 28.4 Å². The molecule has 1 atom stereocenters. The zero-order chi connectivity index (χ0) is 15.0. The van der Waals surface area contributed by atoms with Crippen molar-refractivity contribution in [2.24, 2.45) is 0 Å². The van der Waals surface area contributed by atoms with Gasteiger partial charge in [-0.3, -0.25) is 19.7 Å². The Morgan fingerprint density at radius 2 is 1.90 bits per heavy atom. The number of non-ortho nitro benzene ring substituents is 1. The molecule has 7 nitrogen and oxygen atoms in total. The van der Waals surface area contributed by atoms with Crippen molar-refractivity contribution in [2.75, 3.05) is 7.05 Å². The maximum atomic E-state index is 11.7. The van der Waals surface area contributed by atoms with Crippen LogP contribution in [0, 0.1) is 10.1 Å². The monoisotopic (exact) mass is 276 g/mol. The molecular weight excluding hydrogens is 264 g/mol. The van der Waals surface area contributed by atoms with E-state index in [1.54, 1.807) is 0 Å². The maximum Gasteiger partial charge on any atom is 0.289 e. The minimum Gasteiger partial charge on any atom is -0.503 e. The number of aliphatic hydroxyl groups is 1. The number of Topliss-reactive ketones (excluding diaryl/α,β-unsaturated/α-hetero) is 1. The van der Waals surface area contributed by atoms with Crippen LogP contribution in [-0.2, 0) is 9.59 Å². The Morgan fingerprint density at radius 3 is 2.35 bits per heavy atom. The van der Waals surface area contributed by atoms with Crippen molar-refractivity contribution in [2.45, 2.75) is 13.0 Å². The first-order valence-electron chi connectivity index (χ1n) is 5.80. The van der Waals surface area contributed by atoms with Crippen LogP contribution in [0.25, 0.3) is 0 Å². The second kappa shape index (κ2) is 4.76.